The van der Waals surface area contributed by atoms with Gasteiger partial charge in [0.05, 0.1) is 11.4 Å². The standard InChI is InChI=1S/C18H14Br4N2S2/c1-9-5-11(19)7-13(21)15(9)23-17-18(26-4-3-25-17)24-16-10(2)6-12(20)8-14(16)22/h5-8H,3-4H2,1-2H3. The molecule has 0 N–H and O–H groups in total. The van der Waals surface area contributed by atoms with Crippen LogP contribution in [0.25, 0.3) is 0 Å². The van der Waals surface area contributed by atoms with Gasteiger partial charge in [0.1, 0.15) is 10.1 Å². The molecular weight excluding hydrogens is 628 g/mol. The molecule has 2 aromatic carbocycles. The predicted molar refractivity (Wildman–Crippen MR) is 132 cm³/mol. The molecule has 1 aliphatic rings. The molecule has 0 unspecified atom stereocenters. The van der Waals surface area contributed by atoms with Gasteiger partial charge in [0.25, 0.3) is 0 Å². The van der Waals surface area contributed by atoms with Gasteiger partial charge in [-0.1, -0.05) is 31.9 Å². The normalized spacial score (nSPS) is 17.9. The molecular formula is C18H14Br4N2S2. The fourth-order valence-corrected chi connectivity index (χ4v) is 7.55. The fraction of sp³-hybridized carbons (Fsp3) is 0.222. The summed E-state index contributed by atoms with van der Waals surface area (Å²) in [6.45, 7) is 4.14. The van der Waals surface area contributed by atoms with E-state index in [2.05, 4.69) is 89.7 Å². The van der Waals surface area contributed by atoms with E-state index in [-0.39, 0.29) is 0 Å². The molecule has 26 heavy (non-hydrogen) atoms. The van der Waals surface area contributed by atoms with Gasteiger partial charge in [-0.05, 0) is 81.1 Å². The summed E-state index contributed by atoms with van der Waals surface area (Å²) in [6, 6.07) is 8.22. The van der Waals surface area contributed by atoms with E-state index >= 15 is 0 Å². The van der Waals surface area contributed by atoms with E-state index in [1.165, 1.54) is 0 Å². The predicted octanol–water partition coefficient (Wildman–Crippen LogP) is 8.59. The number of halogens is 4. The van der Waals surface area contributed by atoms with Crippen LogP contribution in [0.5, 0.6) is 0 Å². The van der Waals surface area contributed by atoms with Gasteiger partial charge in [-0.2, -0.15) is 0 Å². The minimum atomic E-state index is 0.956. The maximum Gasteiger partial charge on any atom is 0.129 e. The number of hydrogen-bond donors (Lipinski definition) is 0. The Morgan fingerprint density at radius 1 is 0.692 bits per heavy atom. The average molecular weight is 642 g/mol. The molecule has 1 heterocycles. The number of benzene rings is 2. The Hall–Kier alpha value is 0.400. The Bertz CT molecular complexity index is 804. The Labute approximate surface area is 195 Å². The number of rotatable bonds is 2. The largest absolute Gasteiger partial charge is 0.238 e. The zero-order valence-corrected chi connectivity index (χ0v) is 21.9. The minimum absolute atomic E-state index is 0.956. The molecule has 8 heteroatoms. The van der Waals surface area contributed by atoms with E-state index in [0.717, 1.165) is 62.0 Å². The molecule has 0 aliphatic carbocycles. The molecule has 2 nitrogen and oxygen atoms in total. The monoisotopic (exact) mass is 638 g/mol. The third-order valence-corrected chi connectivity index (χ3v) is 8.05. The third kappa shape index (κ3) is 5.06. The molecule has 136 valence electrons. The van der Waals surface area contributed by atoms with Crippen LogP contribution in [0.3, 0.4) is 0 Å². The molecule has 3 rings (SSSR count). The van der Waals surface area contributed by atoms with Gasteiger partial charge in [-0.3, -0.25) is 0 Å². The van der Waals surface area contributed by atoms with Crippen LogP contribution in [0, 0.1) is 13.8 Å². The lowest BCUT2D eigenvalue weighted by molar-refractivity contribution is 1.36. The molecule has 2 aromatic rings. The second-order valence-electron chi connectivity index (χ2n) is 5.64. The van der Waals surface area contributed by atoms with Crippen LogP contribution in [0.15, 0.2) is 52.1 Å². The summed E-state index contributed by atoms with van der Waals surface area (Å²) in [7, 11) is 0. The zero-order valence-electron chi connectivity index (χ0n) is 13.9. The van der Waals surface area contributed by atoms with Crippen molar-refractivity contribution in [3.05, 3.63) is 53.3 Å². The Balaban J connectivity index is 2.07. The van der Waals surface area contributed by atoms with E-state index in [9.17, 15) is 0 Å². The molecule has 0 aromatic heterocycles. The van der Waals surface area contributed by atoms with Crippen molar-refractivity contribution in [1.82, 2.24) is 0 Å². The molecule has 0 spiro atoms. The lowest BCUT2D eigenvalue weighted by atomic mass is 10.2. The van der Waals surface area contributed by atoms with Crippen LogP contribution in [-0.4, -0.2) is 21.6 Å². The van der Waals surface area contributed by atoms with Gasteiger partial charge in [-0.25, -0.2) is 9.98 Å². The van der Waals surface area contributed by atoms with E-state index in [4.69, 9.17) is 9.98 Å². The first kappa shape index (κ1) is 21.1. The van der Waals surface area contributed by atoms with E-state index < -0.39 is 0 Å². The molecule has 1 saturated heterocycles. The van der Waals surface area contributed by atoms with Crippen LogP contribution in [0.4, 0.5) is 11.4 Å². The first-order valence-electron chi connectivity index (χ1n) is 7.70. The molecule has 0 saturated carbocycles. The van der Waals surface area contributed by atoms with Crippen molar-refractivity contribution >= 4 is 109 Å². The molecule has 1 fully saturated rings. The number of aliphatic imine (C=N–C) groups is 2. The van der Waals surface area contributed by atoms with Crippen molar-refractivity contribution < 1.29 is 0 Å². The van der Waals surface area contributed by atoms with E-state index in [1.807, 2.05) is 12.1 Å². The van der Waals surface area contributed by atoms with Crippen LogP contribution in [0.1, 0.15) is 11.1 Å². The van der Waals surface area contributed by atoms with Gasteiger partial charge >= 0.3 is 0 Å². The van der Waals surface area contributed by atoms with Gasteiger partial charge in [0.2, 0.25) is 0 Å². The molecule has 0 amide bonds. The summed E-state index contributed by atoms with van der Waals surface area (Å²) < 4.78 is 4.04. The number of nitrogens with zero attached hydrogens (tertiary/aromatic N) is 2. The summed E-state index contributed by atoms with van der Waals surface area (Å²) in [6.07, 6.45) is 0. The number of aryl methyl sites for hydroxylation is 2. The summed E-state index contributed by atoms with van der Waals surface area (Å²) in [5.74, 6) is 2.08. The maximum absolute atomic E-state index is 4.95. The Morgan fingerprint density at radius 2 is 1.08 bits per heavy atom. The van der Waals surface area contributed by atoms with Crippen LogP contribution in [-0.2, 0) is 0 Å². The Morgan fingerprint density at radius 3 is 1.42 bits per heavy atom. The average Bonchev–Trinajstić information content (AvgIpc) is 2.55. The second-order valence-corrected chi connectivity index (χ2v) is 11.3. The number of thioether (sulfide) groups is 2. The highest BCUT2D eigenvalue weighted by Crippen LogP contribution is 2.37. The van der Waals surface area contributed by atoms with Crippen LogP contribution in [0.2, 0.25) is 0 Å². The van der Waals surface area contributed by atoms with Gasteiger partial charge in [0, 0.05) is 29.4 Å². The van der Waals surface area contributed by atoms with Crippen molar-refractivity contribution in [3.63, 3.8) is 0 Å². The highest BCUT2D eigenvalue weighted by molar-refractivity contribution is 9.11. The summed E-state index contributed by atoms with van der Waals surface area (Å²) in [5, 5.41) is 1.95. The molecule has 0 bridgehead atoms. The van der Waals surface area contributed by atoms with E-state index in [0.29, 0.717) is 0 Å². The van der Waals surface area contributed by atoms with Crippen LogP contribution >= 0.6 is 87.2 Å². The number of hydrogen-bond acceptors (Lipinski definition) is 4. The summed E-state index contributed by atoms with van der Waals surface area (Å²) >= 11 is 17.9. The lowest BCUT2D eigenvalue weighted by Crippen LogP contribution is -2.14. The van der Waals surface area contributed by atoms with Crippen LogP contribution < -0.4 is 0 Å². The topological polar surface area (TPSA) is 24.7 Å². The molecule has 0 atom stereocenters. The van der Waals surface area contributed by atoms with Crippen molar-refractivity contribution in [2.75, 3.05) is 11.5 Å². The fourth-order valence-electron chi connectivity index (χ4n) is 2.44. The van der Waals surface area contributed by atoms with Crippen molar-refractivity contribution in [2.45, 2.75) is 13.8 Å². The zero-order chi connectivity index (χ0) is 18.8. The SMILES string of the molecule is Cc1cc(Br)cc(Br)c1N=C1SCCSC1=Nc1c(C)cc(Br)cc1Br. The maximum atomic E-state index is 4.95. The van der Waals surface area contributed by atoms with Gasteiger partial charge < -0.3 is 0 Å². The Kier molecular flexibility index (Phi) is 7.53. The highest BCUT2D eigenvalue weighted by Gasteiger charge is 2.19. The smallest absolute Gasteiger partial charge is 0.129 e. The minimum Gasteiger partial charge on any atom is -0.238 e. The lowest BCUT2D eigenvalue weighted by Gasteiger charge is -2.17. The summed E-state index contributed by atoms with van der Waals surface area (Å²) in [4.78, 5) is 9.90. The summed E-state index contributed by atoms with van der Waals surface area (Å²) in [5.41, 5.74) is 4.15. The van der Waals surface area contributed by atoms with Gasteiger partial charge in [-0.15, -0.1) is 23.5 Å². The first-order valence-corrected chi connectivity index (χ1v) is 12.8. The molecule has 0 radical (unpaired) electrons. The van der Waals surface area contributed by atoms with E-state index in [1.54, 1.807) is 23.5 Å². The van der Waals surface area contributed by atoms with Crippen molar-refractivity contribution in [1.29, 1.82) is 0 Å². The van der Waals surface area contributed by atoms with Crippen molar-refractivity contribution in [3.8, 4) is 0 Å². The van der Waals surface area contributed by atoms with Crippen molar-refractivity contribution in [2.24, 2.45) is 9.98 Å². The second kappa shape index (κ2) is 9.27. The van der Waals surface area contributed by atoms with Gasteiger partial charge in [0.15, 0.2) is 0 Å². The third-order valence-electron chi connectivity index (χ3n) is 3.61. The highest BCUT2D eigenvalue weighted by atomic mass is 79.9. The molecule has 1 aliphatic heterocycles. The first-order chi connectivity index (χ1) is 12.3. The quantitative estimate of drug-likeness (QED) is 0.328.